The summed E-state index contributed by atoms with van der Waals surface area (Å²) in [6.45, 7) is 0. The van der Waals surface area contributed by atoms with E-state index < -0.39 is 10.9 Å². The van der Waals surface area contributed by atoms with Crippen LogP contribution in [-0.4, -0.2) is 40.0 Å². The third-order valence-corrected chi connectivity index (χ3v) is 1.52. The second-order valence-corrected chi connectivity index (χ2v) is 2.34. The van der Waals surface area contributed by atoms with Crippen molar-refractivity contribution in [2.24, 2.45) is 0 Å². The van der Waals surface area contributed by atoms with E-state index >= 15 is 0 Å². The van der Waals surface area contributed by atoms with E-state index in [0.29, 0.717) is 4.79 Å². The molecule has 0 fully saturated rings. The average Bonchev–Trinajstić information content (AvgIpc) is 2.64. The number of nitro groups is 1. The molecule has 76 valence electrons. The Balaban J connectivity index is 2.87. The van der Waals surface area contributed by atoms with Gasteiger partial charge < -0.3 is 10.1 Å². The van der Waals surface area contributed by atoms with Crippen LogP contribution in [0.2, 0.25) is 0 Å². The zero-order valence-corrected chi connectivity index (χ0v) is 7.58. The number of hydroxylamine groups is 2. The quantitative estimate of drug-likeness (QED) is 0.487. The van der Waals surface area contributed by atoms with Crippen molar-refractivity contribution in [3.05, 3.63) is 28.1 Å². The predicted octanol–water partition coefficient (Wildman–Crippen LogP) is -0.444. The molecule has 0 bridgehead atoms. The first-order valence-corrected chi connectivity index (χ1v) is 3.58. The van der Waals surface area contributed by atoms with Gasteiger partial charge in [0.05, 0.1) is 17.2 Å². The van der Waals surface area contributed by atoms with Crippen LogP contribution in [0.1, 0.15) is 10.5 Å². The normalized spacial score (nSPS) is 9.86. The molecule has 1 rings (SSSR count). The van der Waals surface area contributed by atoms with Crippen molar-refractivity contribution in [2.45, 2.75) is 0 Å². The van der Waals surface area contributed by atoms with Crippen LogP contribution in [0.5, 0.6) is 0 Å². The molecule has 0 radical (unpaired) electrons. The highest BCUT2D eigenvalue weighted by Crippen LogP contribution is 1.99. The molecule has 8 nitrogen and oxygen atoms in total. The summed E-state index contributed by atoms with van der Waals surface area (Å²) < 4.78 is 0. The van der Waals surface area contributed by atoms with Gasteiger partial charge in [-0.3, -0.25) is 9.63 Å². The minimum atomic E-state index is -0.746. The van der Waals surface area contributed by atoms with Crippen LogP contribution >= 0.6 is 0 Å². The van der Waals surface area contributed by atoms with Crippen molar-refractivity contribution in [3.63, 3.8) is 0 Å². The zero-order chi connectivity index (χ0) is 10.7. The van der Waals surface area contributed by atoms with Crippen molar-refractivity contribution in [1.29, 1.82) is 0 Å². The van der Waals surface area contributed by atoms with Gasteiger partial charge in [0.1, 0.15) is 6.20 Å². The summed E-state index contributed by atoms with van der Waals surface area (Å²) >= 11 is 0. The number of amides is 1. The molecule has 1 heterocycles. The molecule has 14 heavy (non-hydrogen) atoms. The Bertz CT molecular complexity index is 360. The SMILES string of the molecule is CON(C)C(=O)c1ccn([N+](=O)[O-])n1. The Morgan fingerprint density at radius 2 is 2.43 bits per heavy atom. The molecule has 0 aliphatic rings. The number of hydrogen-bond donors (Lipinski definition) is 0. The Labute approximate surface area is 78.7 Å². The number of nitrogens with zero attached hydrogens (tertiary/aromatic N) is 4. The van der Waals surface area contributed by atoms with E-state index in [-0.39, 0.29) is 5.69 Å². The first-order chi connectivity index (χ1) is 6.56. The molecule has 0 aliphatic heterocycles. The van der Waals surface area contributed by atoms with Crippen LogP contribution in [-0.2, 0) is 4.84 Å². The standard InChI is InChI=1S/C6H8N4O4/c1-8(14-2)6(11)5-3-4-9(7-5)10(12)13/h3-4H,1-2H3. The van der Waals surface area contributed by atoms with E-state index in [4.69, 9.17) is 0 Å². The fraction of sp³-hybridized carbons (Fsp3) is 0.333. The maximum absolute atomic E-state index is 11.3. The van der Waals surface area contributed by atoms with Gasteiger partial charge in [-0.1, -0.05) is 0 Å². The molecule has 8 heteroatoms. The van der Waals surface area contributed by atoms with Gasteiger partial charge in [0.2, 0.25) is 0 Å². The van der Waals surface area contributed by atoms with Crippen LogP contribution < -0.4 is 0 Å². The number of aromatic nitrogens is 2. The lowest BCUT2D eigenvalue weighted by molar-refractivity contribution is -0.552. The number of hydrogen-bond acceptors (Lipinski definition) is 5. The summed E-state index contributed by atoms with van der Waals surface area (Å²) in [7, 11) is 2.69. The lowest BCUT2D eigenvalue weighted by Gasteiger charge is -2.09. The summed E-state index contributed by atoms with van der Waals surface area (Å²) in [6, 6.07) is 1.24. The maximum Gasteiger partial charge on any atom is 0.324 e. The van der Waals surface area contributed by atoms with Gasteiger partial charge in [0.15, 0.2) is 0 Å². The van der Waals surface area contributed by atoms with Gasteiger partial charge in [-0.15, -0.1) is 0 Å². The van der Waals surface area contributed by atoms with Crippen LogP contribution in [0, 0.1) is 10.1 Å². The summed E-state index contributed by atoms with van der Waals surface area (Å²) in [6.07, 6.45) is 1.08. The molecular formula is C6H8N4O4. The van der Waals surface area contributed by atoms with Crippen LogP contribution in [0.25, 0.3) is 0 Å². The second kappa shape index (κ2) is 3.83. The molecule has 1 amide bonds. The second-order valence-electron chi connectivity index (χ2n) is 2.34. The molecule has 0 saturated heterocycles. The topological polar surface area (TPSA) is 90.5 Å². The molecule has 0 atom stereocenters. The number of rotatable bonds is 3. The van der Waals surface area contributed by atoms with Crippen molar-refractivity contribution < 1.29 is 14.7 Å². The minimum Gasteiger partial charge on any atom is -0.339 e. The largest absolute Gasteiger partial charge is 0.339 e. The van der Waals surface area contributed by atoms with E-state index in [1.165, 1.54) is 20.2 Å². The molecule has 0 N–H and O–H groups in total. The lowest BCUT2D eigenvalue weighted by Crippen LogP contribution is -2.26. The van der Waals surface area contributed by atoms with E-state index in [1.807, 2.05) is 0 Å². The van der Waals surface area contributed by atoms with Gasteiger partial charge in [-0.2, -0.15) is 0 Å². The van der Waals surface area contributed by atoms with Crippen molar-refractivity contribution in [1.82, 2.24) is 15.0 Å². The Morgan fingerprint density at radius 3 is 2.86 bits per heavy atom. The lowest BCUT2D eigenvalue weighted by atomic mass is 10.4. The molecule has 0 spiro atoms. The smallest absolute Gasteiger partial charge is 0.324 e. The van der Waals surface area contributed by atoms with E-state index in [0.717, 1.165) is 11.3 Å². The third-order valence-electron chi connectivity index (χ3n) is 1.52. The molecule has 1 aromatic heterocycles. The fourth-order valence-corrected chi connectivity index (χ4v) is 0.764. The fourth-order valence-electron chi connectivity index (χ4n) is 0.764. The Morgan fingerprint density at radius 1 is 1.79 bits per heavy atom. The van der Waals surface area contributed by atoms with E-state index in [2.05, 4.69) is 9.94 Å². The van der Waals surface area contributed by atoms with Crippen molar-refractivity contribution in [2.75, 3.05) is 14.2 Å². The van der Waals surface area contributed by atoms with Gasteiger partial charge in [-0.25, -0.2) is 5.06 Å². The van der Waals surface area contributed by atoms with E-state index in [9.17, 15) is 14.9 Å². The summed E-state index contributed by atoms with van der Waals surface area (Å²) in [5, 5.41) is 13.8. The highest BCUT2D eigenvalue weighted by molar-refractivity contribution is 5.91. The summed E-state index contributed by atoms with van der Waals surface area (Å²) in [5.74, 6) is -0.548. The molecule has 0 saturated carbocycles. The Hall–Kier alpha value is -1.96. The molecular weight excluding hydrogens is 192 g/mol. The number of carbonyl (C=O) groups excluding carboxylic acids is 1. The highest BCUT2D eigenvalue weighted by atomic mass is 16.7. The minimum absolute atomic E-state index is 0.0500. The van der Waals surface area contributed by atoms with Gasteiger partial charge >= 0.3 is 5.91 Å². The molecule has 1 aromatic rings. The van der Waals surface area contributed by atoms with Crippen LogP contribution in [0.15, 0.2) is 12.3 Å². The van der Waals surface area contributed by atoms with Crippen molar-refractivity contribution >= 4 is 5.91 Å². The molecule has 0 unspecified atom stereocenters. The van der Waals surface area contributed by atoms with Crippen LogP contribution in [0.4, 0.5) is 0 Å². The average molecular weight is 200 g/mol. The first-order valence-electron chi connectivity index (χ1n) is 3.58. The number of carbonyl (C=O) groups is 1. The third kappa shape index (κ3) is 1.85. The van der Waals surface area contributed by atoms with Crippen molar-refractivity contribution in [3.8, 4) is 0 Å². The Kier molecular flexibility index (Phi) is 2.77. The van der Waals surface area contributed by atoms with Gasteiger partial charge in [0.25, 0.3) is 5.69 Å². The maximum atomic E-state index is 11.3. The molecule has 0 aromatic carbocycles. The first kappa shape index (κ1) is 10.1. The summed E-state index contributed by atoms with van der Waals surface area (Å²) in [4.78, 5) is 26.6. The highest BCUT2D eigenvalue weighted by Gasteiger charge is 2.21. The molecule has 0 aliphatic carbocycles. The zero-order valence-electron chi connectivity index (χ0n) is 7.58. The van der Waals surface area contributed by atoms with Crippen LogP contribution in [0.3, 0.4) is 0 Å². The summed E-state index contributed by atoms with van der Waals surface area (Å²) in [5.41, 5.74) is -0.0500. The van der Waals surface area contributed by atoms with E-state index in [1.54, 1.807) is 0 Å². The monoisotopic (exact) mass is 200 g/mol. The van der Waals surface area contributed by atoms with Gasteiger partial charge in [-0.05, 0) is 0 Å². The predicted molar refractivity (Wildman–Crippen MR) is 43.7 cm³/mol. The van der Waals surface area contributed by atoms with Gasteiger partial charge in [0, 0.05) is 17.9 Å².